The van der Waals surface area contributed by atoms with Gasteiger partial charge in [0.25, 0.3) is 0 Å². The first kappa shape index (κ1) is 15.9. The predicted molar refractivity (Wildman–Crippen MR) is 73.1 cm³/mol. The first-order valence-corrected chi connectivity index (χ1v) is 8.45. The van der Waals surface area contributed by atoms with Crippen molar-refractivity contribution in [3.05, 3.63) is 12.7 Å². The Morgan fingerprint density at radius 1 is 0.938 bits per heavy atom. The summed E-state index contributed by atoms with van der Waals surface area (Å²) in [6, 6.07) is 1.17. The van der Waals surface area contributed by atoms with E-state index in [1.54, 1.807) is 0 Å². The number of allylic oxidation sites excluding steroid dienone is 1. The van der Waals surface area contributed by atoms with E-state index in [0.717, 1.165) is 19.6 Å². The summed E-state index contributed by atoms with van der Waals surface area (Å²) in [6.07, 6.45) is 9.73. The van der Waals surface area contributed by atoms with Gasteiger partial charge in [-0.3, -0.25) is 0 Å². The van der Waals surface area contributed by atoms with E-state index in [9.17, 15) is 0 Å². The first-order chi connectivity index (χ1) is 7.85. The molecule has 16 heavy (non-hydrogen) atoms. The Balaban J connectivity index is 3.28. The summed E-state index contributed by atoms with van der Waals surface area (Å²) in [5.74, 6) is 0. The molecule has 2 nitrogen and oxygen atoms in total. The molecule has 0 N–H and O–H groups in total. The maximum absolute atomic E-state index is 5.63. The number of hydrogen-bond donors (Lipinski definition) is 0. The highest BCUT2D eigenvalue weighted by molar-refractivity contribution is 6.44. The van der Waals surface area contributed by atoms with Crippen molar-refractivity contribution in [1.29, 1.82) is 0 Å². The monoisotopic (exact) mass is 244 g/mol. The van der Waals surface area contributed by atoms with Crippen LogP contribution in [0.4, 0.5) is 0 Å². The average molecular weight is 244 g/mol. The molecule has 0 rings (SSSR count). The lowest BCUT2D eigenvalue weighted by Crippen LogP contribution is -2.22. The highest BCUT2D eigenvalue weighted by Gasteiger charge is 2.10. The second-order valence-corrected chi connectivity index (χ2v) is 6.08. The van der Waals surface area contributed by atoms with Gasteiger partial charge in [0.1, 0.15) is 0 Å². The summed E-state index contributed by atoms with van der Waals surface area (Å²) in [5.41, 5.74) is 0. The van der Waals surface area contributed by atoms with E-state index in [4.69, 9.17) is 8.85 Å². The second kappa shape index (κ2) is 12.9. The molecular weight excluding hydrogens is 216 g/mol. The van der Waals surface area contributed by atoms with Gasteiger partial charge < -0.3 is 8.85 Å². The molecule has 0 aromatic carbocycles. The summed E-state index contributed by atoms with van der Waals surface area (Å²) >= 11 is 0. The minimum absolute atomic E-state index is 0.802. The van der Waals surface area contributed by atoms with Gasteiger partial charge in [-0.25, -0.2) is 0 Å². The lowest BCUT2D eigenvalue weighted by molar-refractivity contribution is 0.212. The summed E-state index contributed by atoms with van der Waals surface area (Å²) in [6.45, 7) is 9.43. The Kier molecular flexibility index (Phi) is 12.8. The predicted octanol–water partition coefficient (Wildman–Crippen LogP) is 3.81. The van der Waals surface area contributed by atoms with Crippen LogP contribution in [0.1, 0.15) is 52.4 Å². The zero-order valence-electron chi connectivity index (χ0n) is 11.0. The molecule has 0 amide bonds. The molecule has 0 unspecified atom stereocenters. The fourth-order valence-electron chi connectivity index (χ4n) is 1.72. The third kappa shape index (κ3) is 10.4. The lowest BCUT2D eigenvalue weighted by atomic mass is 10.1. The Bertz CT molecular complexity index is 145. The quantitative estimate of drug-likeness (QED) is 0.295. The zero-order valence-corrected chi connectivity index (χ0v) is 12.2. The normalized spacial score (nSPS) is 10.9. The fourth-order valence-corrected chi connectivity index (χ4v) is 3.51. The molecule has 0 heterocycles. The fraction of sp³-hybridized carbons (Fsp3) is 0.846. The van der Waals surface area contributed by atoms with Crippen molar-refractivity contribution in [2.75, 3.05) is 13.2 Å². The standard InChI is InChI=1S/C13H28O2Si/c1-4-7-8-9-10-11-12-13-16(14-5-2)15-6-3/h4,16H,1,5-13H2,2-3H3. The van der Waals surface area contributed by atoms with Crippen LogP contribution in [0.15, 0.2) is 12.7 Å². The average Bonchev–Trinajstić information content (AvgIpc) is 2.28. The summed E-state index contributed by atoms with van der Waals surface area (Å²) in [5, 5.41) is 0. The van der Waals surface area contributed by atoms with Crippen LogP contribution < -0.4 is 0 Å². The number of rotatable bonds is 12. The van der Waals surface area contributed by atoms with Crippen LogP contribution in [0.3, 0.4) is 0 Å². The summed E-state index contributed by atoms with van der Waals surface area (Å²) in [4.78, 5) is 0. The van der Waals surface area contributed by atoms with Crippen LogP contribution in [0, 0.1) is 0 Å². The Labute approximate surface area is 103 Å². The van der Waals surface area contributed by atoms with Crippen LogP contribution in [-0.2, 0) is 8.85 Å². The van der Waals surface area contributed by atoms with Gasteiger partial charge >= 0.3 is 9.28 Å². The van der Waals surface area contributed by atoms with Crippen molar-refractivity contribution in [3.8, 4) is 0 Å². The van der Waals surface area contributed by atoms with E-state index in [2.05, 4.69) is 6.58 Å². The van der Waals surface area contributed by atoms with Gasteiger partial charge in [-0.1, -0.05) is 31.8 Å². The van der Waals surface area contributed by atoms with E-state index >= 15 is 0 Å². The van der Waals surface area contributed by atoms with Gasteiger partial charge in [0.2, 0.25) is 0 Å². The smallest absolute Gasteiger partial charge is 0.321 e. The Morgan fingerprint density at radius 2 is 1.50 bits per heavy atom. The van der Waals surface area contributed by atoms with Crippen LogP contribution in [0.2, 0.25) is 6.04 Å². The molecule has 0 aliphatic heterocycles. The molecular formula is C13H28O2Si. The van der Waals surface area contributed by atoms with Crippen molar-refractivity contribution in [2.45, 2.75) is 58.4 Å². The van der Waals surface area contributed by atoms with Gasteiger partial charge in [-0.05, 0) is 32.7 Å². The molecule has 96 valence electrons. The third-order valence-corrected chi connectivity index (χ3v) is 4.84. The minimum atomic E-state index is -1.31. The minimum Gasteiger partial charge on any atom is -0.397 e. The van der Waals surface area contributed by atoms with Crippen LogP contribution in [0.25, 0.3) is 0 Å². The Hall–Kier alpha value is -0.123. The topological polar surface area (TPSA) is 18.5 Å². The second-order valence-electron chi connectivity index (χ2n) is 3.97. The first-order valence-electron chi connectivity index (χ1n) is 6.69. The van der Waals surface area contributed by atoms with Gasteiger partial charge in [-0.2, -0.15) is 0 Å². The molecule has 0 atom stereocenters. The van der Waals surface area contributed by atoms with Crippen molar-refractivity contribution in [3.63, 3.8) is 0 Å². The molecule has 0 bridgehead atoms. The largest absolute Gasteiger partial charge is 0.397 e. The van der Waals surface area contributed by atoms with Crippen LogP contribution >= 0.6 is 0 Å². The van der Waals surface area contributed by atoms with E-state index in [1.165, 1.54) is 38.1 Å². The molecule has 0 spiro atoms. The molecule has 0 saturated heterocycles. The highest BCUT2D eigenvalue weighted by atomic mass is 28.3. The summed E-state index contributed by atoms with van der Waals surface area (Å²) in [7, 11) is -1.31. The lowest BCUT2D eigenvalue weighted by Gasteiger charge is -2.14. The van der Waals surface area contributed by atoms with E-state index in [1.807, 2.05) is 19.9 Å². The molecule has 0 aromatic rings. The SMILES string of the molecule is C=CCCCCCCC[SiH](OCC)OCC. The maximum atomic E-state index is 5.63. The van der Waals surface area contributed by atoms with E-state index < -0.39 is 9.28 Å². The van der Waals surface area contributed by atoms with Gasteiger partial charge in [0, 0.05) is 13.2 Å². The van der Waals surface area contributed by atoms with Gasteiger partial charge in [0.05, 0.1) is 0 Å². The highest BCUT2D eigenvalue weighted by Crippen LogP contribution is 2.10. The van der Waals surface area contributed by atoms with Crippen molar-refractivity contribution < 1.29 is 8.85 Å². The zero-order chi connectivity index (χ0) is 12.1. The van der Waals surface area contributed by atoms with Gasteiger partial charge in [-0.15, -0.1) is 6.58 Å². The van der Waals surface area contributed by atoms with Crippen molar-refractivity contribution in [1.82, 2.24) is 0 Å². The molecule has 0 saturated carbocycles. The molecule has 0 aliphatic rings. The molecule has 0 fully saturated rings. The van der Waals surface area contributed by atoms with Crippen LogP contribution in [0.5, 0.6) is 0 Å². The maximum Gasteiger partial charge on any atom is 0.321 e. The number of unbranched alkanes of at least 4 members (excludes halogenated alkanes) is 5. The Morgan fingerprint density at radius 3 is 2.06 bits per heavy atom. The molecule has 0 radical (unpaired) electrons. The molecule has 0 aliphatic carbocycles. The molecule has 0 aromatic heterocycles. The molecule has 3 heteroatoms. The summed E-state index contributed by atoms with van der Waals surface area (Å²) < 4.78 is 11.3. The van der Waals surface area contributed by atoms with Crippen molar-refractivity contribution in [2.24, 2.45) is 0 Å². The van der Waals surface area contributed by atoms with E-state index in [0.29, 0.717) is 0 Å². The van der Waals surface area contributed by atoms with E-state index in [-0.39, 0.29) is 0 Å². The third-order valence-electron chi connectivity index (χ3n) is 2.55. The van der Waals surface area contributed by atoms with Gasteiger partial charge in [0.15, 0.2) is 0 Å². The van der Waals surface area contributed by atoms with Crippen molar-refractivity contribution >= 4 is 9.28 Å². The van der Waals surface area contributed by atoms with Crippen LogP contribution in [-0.4, -0.2) is 22.5 Å². The number of hydrogen-bond acceptors (Lipinski definition) is 2.